The van der Waals surface area contributed by atoms with Crippen LogP contribution in [-0.2, 0) is 33.2 Å². The SMILES string of the molecule is CCCCCCCCCCCCCCCCCCCCCCC/C=C/CC/C=C/CC/C=C/C(O)C(COC1OC(CO)C(OC2OC(CO)C(OC3OC(CO)C(O)C(O)C3O)C(O)C2O)C(O)C1O)NC(=O)CCCCCCCCCCCCCCCCCCCCCCCC. The number of unbranched alkanes of at least 4 members (excludes halogenated alkanes) is 44. The Hall–Kier alpha value is -1.99. The van der Waals surface area contributed by atoms with E-state index in [-0.39, 0.29) is 18.9 Å². The average molecular weight is 1400 g/mol. The van der Waals surface area contributed by atoms with Crippen LogP contribution in [-0.4, -0.2) is 193 Å². The predicted octanol–water partition coefficient (Wildman–Crippen LogP) is 13.1. The van der Waals surface area contributed by atoms with Gasteiger partial charge >= 0.3 is 0 Å². The van der Waals surface area contributed by atoms with Crippen LogP contribution < -0.4 is 5.32 Å². The fourth-order valence-electron chi connectivity index (χ4n) is 13.7. The topological polar surface area (TPSA) is 307 Å². The van der Waals surface area contributed by atoms with Crippen LogP contribution >= 0.6 is 0 Å². The predicted molar refractivity (Wildman–Crippen MR) is 388 cm³/mol. The molecule has 17 unspecified atom stereocenters. The molecule has 0 aromatic carbocycles. The van der Waals surface area contributed by atoms with Gasteiger partial charge in [0.1, 0.15) is 73.2 Å². The smallest absolute Gasteiger partial charge is 0.220 e. The summed E-state index contributed by atoms with van der Waals surface area (Å²) in [4.78, 5) is 13.5. The van der Waals surface area contributed by atoms with Gasteiger partial charge in [-0.05, 0) is 44.9 Å². The van der Waals surface area contributed by atoms with Crippen molar-refractivity contribution in [2.24, 2.45) is 0 Å². The van der Waals surface area contributed by atoms with Crippen LogP contribution in [0.25, 0.3) is 0 Å². The summed E-state index contributed by atoms with van der Waals surface area (Å²) >= 11 is 0. The molecule has 0 aromatic rings. The normalized spacial score (nSPS) is 26.9. The largest absolute Gasteiger partial charge is 0.394 e. The van der Waals surface area contributed by atoms with Crippen LogP contribution in [0.15, 0.2) is 36.5 Å². The molecule has 3 fully saturated rings. The Morgan fingerprint density at radius 2 is 0.653 bits per heavy atom. The number of amides is 1. The zero-order valence-electron chi connectivity index (χ0n) is 61.5. The van der Waals surface area contributed by atoms with Crippen LogP contribution in [0.5, 0.6) is 0 Å². The molecule has 3 aliphatic heterocycles. The van der Waals surface area contributed by atoms with Gasteiger partial charge in [0.25, 0.3) is 0 Å². The average Bonchev–Trinajstić information content (AvgIpc) is 0.785. The summed E-state index contributed by atoms with van der Waals surface area (Å²) in [5.74, 6) is -0.283. The Labute approximate surface area is 593 Å². The molecule has 0 saturated carbocycles. The third kappa shape index (κ3) is 40.3. The molecule has 1 amide bonds. The molecule has 3 aliphatic rings. The number of nitrogens with one attached hydrogen (secondary N) is 1. The number of rotatable bonds is 64. The first-order chi connectivity index (χ1) is 47.8. The molecule has 0 aromatic heterocycles. The third-order valence-electron chi connectivity index (χ3n) is 20.2. The highest BCUT2D eigenvalue weighted by molar-refractivity contribution is 5.76. The van der Waals surface area contributed by atoms with Crippen molar-refractivity contribution >= 4 is 5.91 Å². The lowest BCUT2D eigenvalue weighted by atomic mass is 9.96. The highest BCUT2D eigenvalue weighted by Gasteiger charge is 2.54. The van der Waals surface area contributed by atoms with Crippen molar-refractivity contribution in [3.8, 4) is 0 Å². The minimum Gasteiger partial charge on any atom is -0.394 e. The van der Waals surface area contributed by atoms with Gasteiger partial charge < -0.3 is 89.9 Å². The van der Waals surface area contributed by atoms with Crippen LogP contribution in [0.1, 0.15) is 328 Å². The molecule has 0 bridgehead atoms. The van der Waals surface area contributed by atoms with E-state index in [9.17, 15) is 61.0 Å². The quantitative estimate of drug-likeness (QED) is 0.0199. The zero-order chi connectivity index (χ0) is 71.1. The Morgan fingerprint density at radius 3 is 1.02 bits per heavy atom. The van der Waals surface area contributed by atoms with Gasteiger partial charge in [0.05, 0.1) is 38.6 Å². The fourth-order valence-corrected chi connectivity index (χ4v) is 13.7. The van der Waals surface area contributed by atoms with Crippen molar-refractivity contribution < 1.29 is 89.4 Å². The second-order valence-corrected chi connectivity index (χ2v) is 28.9. The van der Waals surface area contributed by atoms with Gasteiger partial charge in [0.15, 0.2) is 18.9 Å². The van der Waals surface area contributed by atoms with E-state index in [0.29, 0.717) is 12.8 Å². The lowest BCUT2D eigenvalue weighted by Crippen LogP contribution is -2.66. The van der Waals surface area contributed by atoms with Gasteiger partial charge in [-0.3, -0.25) is 4.79 Å². The summed E-state index contributed by atoms with van der Waals surface area (Å²) in [6.45, 7) is 1.76. The molecule has 576 valence electrons. The molecule has 19 nitrogen and oxygen atoms in total. The maximum absolute atomic E-state index is 13.5. The first kappa shape index (κ1) is 90.2. The molecule has 0 spiro atoms. The molecular formula is C79H147NO18. The van der Waals surface area contributed by atoms with E-state index in [0.717, 1.165) is 44.9 Å². The van der Waals surface area contributed by atoms with E-state index in [1.165, 1.54) is 250 Å². The van der Waals surface area contributed by atoms with Gasteiger partial charge in [-0.15, -0.1) is 0 Å². The number of ether oxygens (including phenoxy) is 6. The van der Waals surface area contributed by atoms with Crippen molar-refractivity contribution in [3.63, 3.8) is 0 Å². The summed E-state index contributed by atoms with van der Waals surface area (Å²) < 4.78 is 34.4. The minimum absolute atomic E-state index is 0.236. The summed E-state index contributed by atoms with van der Waals surface area (Å²) in [5, 5.41) is 121. The number of aliphatic hydroxyl groups excluding tert-OH is 11. The van der Waals surface area contributed by atoms with E-state index in [2.05, 4.69) is 43.5 Å². The number of carbonyl (C=O) groups excluding carboxylic acids is 1. The molecule has 98 heavy (non-hydrogen) atoms. The fraction of sp³-hybridized carbons (Fsp3) is 0.911. The van der Waals surface area contributed by atoms with Crippen molar-refractivity contribution in [1.82, 2.24) is 5.32 Å². The summed E-state index contributed by atoms with van der Waals surface area (Å²) in [6.07, 6.45) is 47.2. The lowest BCUT2D eigenvalue weighted by molar-refractivity contribution is -0.379. The Bertz CT molecular complexity index is 1910. The first-order valence-corrected chi connectivity index (χ1v) is 40.2. The van der Waals surface area contributed by atoms with Crippen molar-refractivity contribution in [2.75, 3.05) is 26.4 Å². The van der Waals surface area contributed by atoms with Gasteiger partial charge in [-0.1, -0.05) is 314 Å². The number of hydrogen-bond donors (Lipinski definition) is 12. The molecule has 3 rings (SSSR count). The maximum Gasteiger partial charge on any atom is 0.220 e. The highest BCUT2D eigenvalue weighted by atomic mass is 16.8. The van der Waals surface area contributed by atoms with Crippen LogP contribution in [0.4, 0.5) is 0 Å². The van der Waals surface area contributed by atoms with Gasteiger partial charge in [0, 0.05) is 6.42 Å². The molecule has 19 heteroatoms. The number of allylic oxidation sites excluding steroid dienone is 5. The Kier molecular flexibility index (Phi) is 55.5. The van der Waals surface area contributed by atoms with Crippen LogP contribution in [0.3, 0.4) is 0 Å². The number of carbonyl (C=O) groups is 1. The molecular weight excluding hydrogens is 1250 g/mol. The highest BCUT2D eigenvalue weighted by Crippen LogP contribution is 2.33. The molecule has 3 heterocycles. The van der Waals surface area contributed by atoms with Crippen molar-refractivity contribution in [1.29, 1.82) is 0 Å². The van der Waals surface area contributed by atoms with E-state index in [4.69, 9.17) is 28.4 Å². The van der Waals surface area contributed by atoms with E-state index < -0.39 is 124 Å². The Morgan fingerprint density at radius 1 is 0.357 bits per heavy atom. The molecule has 17 atom stereocenters. The van der Waals surface area contributed by atoms with Crippen molar-refractivity contribution in [3.05, 3.63) is 36.5 Å². The van der Waals surface area contributed by atoms with Crippen LogP contribution in [0.2, 0.25) is 0 Å². The number of aliphatic hydroxyl groups is 11. The molecule has 3 saturated heterocycles. The molecule has 0 radical (unpaired) electrons. The van der Waals surface area contributed by atoms with E-state index >= 15 is 0 Å². The minimum atomic E-state index is -1.98. The standard InChI is InChI=1S/C79H147NO18/c1-3-5-7-9-11-13-15-17-19-21-23-25-27-28-29-30-31-32-33-34-35-36-38-40-42-44-46-48-50-52-54-56-63(84)62(80-67(85)57-55-53-51-49-47-45-43-41-39-37-26-24-22-20-18-16-14-12-10-8-6-4-2)61-93-77-73(91)70(88)75(65(59-82)95-77)98-79-74(92)71(89)76(66(60-83)96-79)97-78-72(90)69(87)68(86)64(58-81)94-78/h38,40,46,48,54,56,62-66,68-79,81-84,86-92H,3-37,39,41-45,47,49-53,55,57-61H2,1-2H3,(H,80,85)/b40-38+,48-46+,56-54+. The summed E-state index contributed by atoms with van der Waals surface area (Å²) in [6, 6.07) is -0.996. The molecule has 12 N–H and O–H groups in total. The van der Waals surface area contributed by atoms with E-state index in [1.807, 2.05) is 6.08 Å². The third-order valence-corrected chi connectivity index (χ3v) is 20.2. The van der Waals surface area contributed by atoms with E-state index in [1.54, 1.807) is 6.08 Å². The van der Waals surface area contributed by atoms with Gasteiger partial charge in [-0.25, -0.2) is 0 Å². The second kappa shape index (κ2) is 60.3. The Balaban J connectivity index is 1.39. The zero-order valence-corrected chi connectivity index (χ0v) is 61.5. The second-order valence-electron chi connectivity index (χ2n) is 28.9. The van der Waals surface area contributed by atoms with Crippen LogP contribution in [0, 0.1) is 0 Å². The summed E-state index contributed by atoms with van der Waals surface area (Å²) in [7, 11) is 0. The van der Waals surface area contributed by atoms with Gasteiger partial charge in [-0.2, -0.15) is 0 Å². The molecule has 0 aliphatic carbocycles. The van der Waals surface area contributed by atoms with Crippen molar-refractivity contribution in [2.45, 2.75) is 433 Å². The number of hydrogen-bond acceptors (Lipinski definition) is 18. The maximum atomic E-state index is 13.5. The monoisotopic (exact) mass is 1400 g/mol. The first-order valence-electron chi connectivity index (χ1n) is 40.2. The van der Waals surface area contributed by atoms with Gasteiger partial charge in [0.2, 0.25) is 5.91 Å². The lowest BCUT2D eigenvalue weighted by Gasteiger charge is -2.48. The summed E-state index contributed by atoms with van der Waals surface area (Å²) in [5.41, 5.74) is 0.